The average molecular weight is 244 g/mol. The molecular weight excluding hydrogens is 224 g/mol. The highest BCUT2D eigenvalue weighted by Gasteiger charge is 2.12. The normalized spacial score (nSPS) is 12.6. The summed E-state index contributed by atoms with van der Waals surface area (Å²) in [5.41, 5.74) is 3.50. The summed E-state index contributed by atoms with van der Waals surface area (Å²) in [6, 6.07) is 6.53. The van der Waals surface area contributed by atoms with Crippen molar-refractivity contribution in [1.29, 1.82) is 0 Å². The third-order valence-corrected chi connectivity index (χ3v) is 3.00. The van der Waals surface area contributed by atoms with E-state index in [-0.39, 0.29) is 0 Å². The summed E-state index contributed by atoms with van der Waals surface area (Å²) in [5, 5.41) is 3.56. The lowest BCUT2D eigenvalue weighted by Crippen LogP contribution is -2.24. The SMILES string of the molecule is CCCNC(Cc1ccoc1)c1ccc(C)nc1. The minimum atomic E-state index is 0.302. The first kappa shape index (κ1) is 12.8. The van der Waals surface area contributed by atoms with E-state index in [4.69, 9.17) is 4.42 Å². The molecule has 2 aromatic rings. The van der Waals surface area contributed by atoms with Crippen molar-refractivity contribution in [1.82, 2.24) is 10.3 Å². The maximum atomic E-state index is 5.13. The Morgan fingerprint density at radius 3 is 2.83 bits per heavy atom. The summed E-state index contributed by atoms with van der Waals surface area (Å²) in [7, 11) is 0. The van der Waals surface area contributed by atoms with Crippen LogP contribution in [0.25, 0.3) is 0 Å². The van der Waals surface area contributed by atoms with Crippen molar-refractivity contribution in [3.63, 3.8) is 0 Å². The minimum Gasteiger partial charge on any atom is -0.472 e. The van der Waals surface area contributed by atoms with Crippen molar-refractivity contribution < 1.29 is 4.42 Å². The zero-order valence-corrected chi connectivity index (χ0v) is 11.0. The molecule has 0 aliphatic carbocycles. The zero-order valence-electron chi connectivity index (χ0n) is 11.0. The van der Waals surface area contributed by atoms with Crippen LogP contribution < -0.4 is 5.32 Å². The van der Waals surface area contributed by atoms with Crippen molar-refractivity contribution >= 4 is 0 Å². The average Bonchev–Trinajstić information content (AvgIpc) is 2.88. The van der Waals surface area contributed by atoms with Gasteiger partial charge in [0.1, 0.15) is 0 Å². The van der Waals surface area contributed by atoms with Crippen LogP contribution in [0, 0.1) is 6.92 Å². The molecule has 1 atom stereocenters. The Hall–Kier alpha value is -1.61. The third-order valence-electron chi connectivity index (χ3n) is 3.00. The van der Waals surface area contributed by atoms with E-state index in [9.17, 15) is 0 Å². The first-order chi connectivity index (χ1) is 8.79. The van der Waals surface area contributed by atoms with Gasteiger partial charge in [-0.3, -0.25) is 4.98 Å². The molecule has 0 aliphatic heterocycles. The molecule has 0 saturated heterocycles. The van der Waals surface area contributed by atoms with E-state index in [0.29, 0.717) is 6.04 Å². The van der Waals surface area contributed by atoms with Crippen LogP contribution in [0.5, 0.6) is 0 Å². The number of aromatic nitrogens is 1. The topological polar surface area (TPSA) is 38.1 Å². The standard InChI is InChI=1S/C15H20N2O/c1-3-7-16-15(9-13-6-8-18-11-13)14-5-4-12(2)17-10-14/h4-6,8,10-11,15-16H,3,7,9H2,1-2H3. The summed E-state index contributed by atoms with van der Waals surface area (Å²) in [5.74, 6) is 0. The van der Waals surface area contributed by atoms with E-state index < -0.39 is 0 Å². The van der Waals surface area contributed by atoms with Gasteiger partial charge in [0.05, 0.1) is 12.5 Å². The van der Waals surface area contributed by atoms with Crippen LogP contribution in [-0.2, 0) is 6.42 Å². The highest BCUT2D eigenvalue weighted by atomic mass is 16.3. The molecule has 0 fully saturated rings. The smallest absolute Gasteiger partial charge is 0.0935 e. The second-order valence-electron chi connectivity index (χ2n) is 4.58. The van der Waals surface area contributed by atoms with Gasteiger partial charge in [-0.05, 0) is 49.6 Å². The molecule has 1 N–H and O–H groups in total. The summed E-state index contributed by atoms with van der Waals surface area (Å²) in [4.78, 5) is 4.37. The third kappa shape index (κ3) is 3.44. The second kappa shape index (κ2) is 6.36. The van der Waals surface area contributed by atoms with Gasteiger partial charge in [0, 0.05) is 17.9 Å². The van der Waals surface area contributed by atoms with E-state index in [1.807, 2.05) is 25.5 Å². The number of rotatable bonds is 6. The predicted octanol–water partition coefficient (Wildman–Crippen LogP) is 3.27. The van der Waals surface area contributed by atoms with Crippen LogP contribution in [-0.4, -0.2) is 11.5 Å². The van der Waals surface area contributed by atoms with E-state index >= 15 is 0 Å². The van der Waals surface area contributed by atoms with Crippen LogP contribution in [0.2, 0.25) is 0 Å². The van der Waals surface area contributed by atoms with Crippen molar-refractivity contribution in [2.45, 2.75) is 32.7 Å². The van der Waals surface area contributed by atoms with Gasteiger partial charge >= 0.3 is 0 Å². The summed E-state index contributed by atoms with van der Waals surface area (Å²) >= 11 is 0. The molecule has 3 heteroatoms. The van der Waals surface area contributed by atoms with Crippen molar-refractivity contribution in [3.8, 4) is 0 Å². The first-order valence-corrected chi connectivity index (χ1v) is 6.46. The van der Waals surface area contributed by atoms with Crippen molar-refractivity contribution in [2.24, 2.45) is 0 Å². The predicted molar refractivity (Wildman–Crippen MR) is 72.4 cm³/mol. The van der Waals surface area contributed by atoms with E-state index in [1.54, 1.807) is 6.26 Å². The molecule has 0 bridgehead atoms. The van der Waals surface area contributed by atoms with Crippen LogP contribution in [0.15, 0.2) is 41.3 Å². The van der Waals surface area contributed by atoms with E-state index in [0.717, 1.165) is 25.1 Å². The Bertz CT molecular complexity index is 448. The highest BCUT2D eigenvalue weighted by molar-refractivity contribution is 5.20. The summed E-state index contributed by atoms with van der Waals surface area (Å²) < 4.78 is 5.13. The number of nitrogens with zero attached hydrogens (tertiary/aromatic N) is 1. The fourth-order valence-corrected chi connectivity index (χ4v) is 1.96. The van der Waals surface area contributed by atoms with Crippen LogP contribution in [0.1, 0.15) is 36.2 Å². The first-order valence-electron chi connectivity index (χ1n) is 6.46. The van der Waals surface area contributed by atoms with Crippen LogP contribution in [0.3, 0.4) is 0 Å². The lowest BCUT2D eigenvalue weighted by Gasteiger charge is -2.18. The molecule has 0 aliphatic rings. The molecule has 3 nitrogen and oxygen atoms in total. The summed E-state index contributed by atoms with van der Waals surface area (Å²) in [6.45, 7) is 5.19. The van der Waals surface area contributed by atoms with Gasteiger partial charge in [-0.25, -0.2) is 0 Å². The molecule has 0 radical (unpaired) electrons. The Labute approximate surface area is 108 Å². The van der Waals surface area contributed by atoms with Gasteiger partial charge in [0.2, 0.25) is 0 Å². The number of pyridine rings is 1. The Morgan fingerprint density at radius 1 is 1.33 bits per heavy atom. The van der Waals surface area contributed by atoms with Gasteiger partial charge in [0.25, 0.3) is 0 Å². The number of nitrogens with one attached hydrogen (secondary N) is 1. The fraction of sp³-hybridized carbons (Fsp3) is 0.400. The van der Waals surface area contributed by atoms with E-state index in [2.05, 4.69) is 29.4 Å². The van der Waals surface area contributed by atoms with Gasteiger partial charge in [0.15, 0.2) is 0 Å². The van der Waals surface area contributed by atoms with Gasteiger partial charge < -0.3 is 9.73 Å². The molecule has 2 rings (SSSR count). The number of hydrogen-bond donors (Lipinski definition) is 1. The number of furan rings is 1. The molecular formula is C15H20N2O. The van der Waals surface area contributed by atoms with E-state index in [1.165, 1.54) is 11.1 Å². The fourth-order valence-electron chi connectivity index (χ4n) is 1.96. The lowest BCUT2D eigenvalue weighted by molar-refractivity contribution is 0.519. The highest BCUT2D eigenvalue weighted by Crippen LogP contribution is 2.18. The molecule has 1 unspecified atom stereocenters. The van der Waals surface area contributed by atoms with Crippen molar-refractivity contribution in [3.05, 3.63) is 53.7 Å². The minimum absolute atomic E-state index is 0.302. The second-order valence-corrected chi connectivity index (χ2v) is 4.58. The lowest BCUT2D eigenvalue weighted by atomic mass is 10.0. The Kier molecular flexibility index (Phi) is 4.53. The van der Waals surface area contributed by atoms with Crippen molar-refractivity contribution in [2.75, 3.05) is 6.54 Å². The van der Waals surface area contributed by atoms with Crippen LogP contribution in [0.4, 0.5) is 0 Å². The molecule has 2 aromatic heterocycles. The molecule has 0 spiro atoms. The van der Waals surface area contributed by atoms with Gasteiger partial charge in [-0.15, -0.1) is 0 Å². The number of hydrogen-bond acceptors (Lipinski definition) is 3. The quantitative estimate of drug-likeness (QED) is 0.847. The molecule has 2 heterocycles. The van der Waals surface area contributed by atoms with Crippen LogP contribution >= 0.6 is 0 Å². The van der Waals surface area contributed by atoms with Gasteiger partial charge in [-0.2, -0.15) is 0 Å². The Balaban J connectivity index is 2.11. The molecule has 0 aromatic carbocycles. The zero-order chi connectivity index (χ0) is 12.8. The largest absolute Gasteiger partial charge is 0.472 e. The summed E-state index contributed by atoms with van der Waals surface area (Å²) in [6.07, 6.45) is 7.55. The monoisotopic (exact) mass is 244 g/mol. The number of aryl methyl sites for hydroxylation is 1. The van der Waals surface area contributed by atoms with Gasteiger partial charge in [-0.1, -0.05) is 13.0 Å². The molecule has 96 valence electrons. The molecule has 18 heavy (non-hydrogen) atoms. The Morgan fingerprint density at radius 2 is 2.22 bits per heavy atom. The maximum absolute atomic E-state index is 5.13. The molecule has 0 amide bonds. The maximum Gasteiger partial charge on any atom is 0.0935 e. The molecule has 0 saturated carbocycles.